The molecule has 0 fully saturated rings. The van der Waals surface area contributed by atoms with Crippen molar-refractivity contribution in [2.75, 3.05) is 0 Å². The van der Waals surface area contributed by atoms with Gasteiger partial charge in [-0.1, -0.05) is 22.0 Å². The molecule has 3 rings (SSSR count). The van der Waals surface area contributed by atoms with Crippen molar-refractivity contribution in [2.24, 2.45) is 0 Å². The predicted molar refractivity (Wildman–Crippen MR) is 58.2 cm³/mol. The van der Waals surface area contributed by atoms with Gasteiger partial charge in [0.05, 0.1) is 0 Å². The number of aromatic nitrogens is 3. The Hall–Kier alpha value is -1.42. The second-order valence-corrected chi connectivity index (χ2v) is 4.02. The Bertz CT molecular complexity index is 615. The van der Waals surface area contributed by atoms with Gasteiger partial charge < -0.3 is 0 Å². The molecule has 0 spiro atoms. The molecular weight excluding hydrogens is 242 g/mol. The van der Waals surface area contributed by atoms with Gasteiger partial charge in [0.15, 0.2) is 5.65 Å². The minimum atomic E-state index is 0.892. The summed E-state index contributed by atoms with van der Waals surface area (Å²) in [5.74, 6) is 0. The highest BCUT2D eigenvalue weighted by atomic mass is 79.9. The van der Waals surface area contributed by atoms with Gasteiger partial charge in [0.1, 0.15) is 6.33 Å². The molecule has 0 saturated heterocycles. The van der Waals surface area contributed by atoms with Crippen LogP contribution in [0.1, 0.15) is 0 Å². The molecule has 0 aliphatic heterocycles. The average molecular weight is 248 g/mol. The van der Waals surface area contributed by atoms with Gasteiger partial charge in [0.25, 0.3) is 0 Å². The third kappa shape index (κ3) is 1.04. The quantitative estimate of drug-likeness (QED) is 0.612. The van der Waals surface area contributed by atoms with Gasteiger partial charge in [-0.3, -0.25) is 4.40 Å². The van der Waals surface area contributed by atoms with E-state index in [1.807, 2.05) is 16.7 Å². The van der Waals surface area contributed by atoms with Gasteiger partial charge in [-0.15, -0.1) is 10.2 Å². The summed E-state index contributed by atoms with van der Waals surface area (Å²) in [5, 5.41) is 10.2. The molecule has 3 nitrogen and oxygen atoms in total. The van der Waals surface area contributed by atoms with Crippen LogP contribution in [0.4, 0.5) is 0 Å². The van der Waals surface area contributed by atoms with Crippen molar-refractivity contribution in [3.63, 3.8) is 0 Å². The summed E-state index contributed by atoms with van der Waals surface area (Å²) >= 11 is 3.45. The fraction of sp³-hybridized carbons (Fsp3) is 0. The van der Waals surface area contributed by atoms with Crippen molar-refractivity contribution in [3.05, 3.63) is 41.3 Å². The summed E-state index contributed by atoms with van der Waals surface area (Å²) in [6.07, 6.45) is 3.67. The zero-order valence-corrected chi connectivity index (χ0v) is 8.77. The van der Waals surface area contributed by atoms with Gasteiger partial charge in [-0.05, 0) is 23.6 Å². The lowest BCUT2D eigenvalue weighted by molar-refractivity contribution is 1.10. The average Bonchev–Trinajstić information content (AvgIpc) is 2.65. The van der Waals surface area contributed by atoms with E-state index in [0.717, 1.165) is 15.5 Å². The Morgan fingerprint density at radius 2 is 2.14 bits per heavy atom. The summed E-state index contributed by atoms with van der Waals surface area (Å²) < 4.78 is 2.97. The van der Waals surface area contributed by atoms with Crippen molar-refractivity contribution >= 4 is 32.3 Å². The molecule has 4 heteroatoms. The van der Waals surface area contributed by atoms with Crippen LogP contribution in [0.15, 0.2) is 41.3 Å². The monoisotopic (exact) mass is 247 g/mol. The van der Waals surface area contributed by atoms with E-state index in [9.17, 15) is 0 Å². The summed E-state index contributed by atoms with van der Waals surface area (Å²) in [7, 11) is 0. The first kappa shape index (κ1) is 7.94. The first-order valence-electron chi connectivity index (χ1n) is 4.22. The van der Waals surface area contributed by atoms with Crippen LogP contribution in [-0.4, -0.2) is 14.6 Å². The molecule has 3 aromatic rings. The molecule has 2 heterocycles. The van der Waals surface area contributed by atoms with Crippen molar-refractivity contribution in [2.45, 2.75) is 0 Å². The van der Waals surface area contributed by atoms with Crippen LogP contribution < -0.4 is 0 Å². The molecule has 0 amide bonds. The predicted octanol–water partition coefficient (Wildman–Crippen LogP) is 2.65. The van der Waals surface area contributed by atoms with Crippen LogP contribution in [0, 0.1) is 0 Å². The molecule has 0 radical (unpaired) electrons. The summed E-state index contributed by atoms with van der Waals surface area (Å²) in [5.41, 5.74) is 0.892. The van der Waals surface area contributed by atoms with Crippen LogP contribution in [0.3, 0.4) is 0 Å². The number of benzene rings is 1. The molecule has 0 aliphatic rings. The molecule has 0 atom stereocenters. The number of pyridine rings is 1. The minimum Gasteiger partial charge on any atom is -0.289 e. The Labute approximate surface area is 88.5 Å². The highest BCUT2D eigenvalue weighted by Gasteiger charge is 2.02. The van der Waals surface area contributed by atoms with Crippen LogP contribution in [0.5, 0.6) is 0 Å². The Morgan fingerprint density at radius 1 is 1.21 bits per heavy atom. The fourth-order valence-electron chi connectivity index (χ4n) is 1.57. The topological polar surface area (TPSA) is 30.2 Å². The molecule has 68 valence electrons. The maximum atomic E-state index is 4.08. The number of hydrogen-bond donors (Lipinski definition) is 0. The van der Waals surface area contributed by atoms with Crippen molar-refractivity contribution < 1.29 is 0 Å². The lowest BCUT2D eigenvalue weighted by Crippen LogP contribution is -1.84. The maximum Gasteiger partial charge on any atom is 0.168 e. The van der Waals surface area contributed by atoms with Crippen LogP contribution in [-0.2, 0) is 0 Å². The molecule has 2 aromatic heterocycles. The molecule has 0 saturated carbocycles. The molecule has 14 heavy (non-hydrogen) atoms. The zero-order valence-electron chi connectivity index (χ0n) is 7.18. The lowest BCUT2D eigenvalue weighted by Gasteiger charge is -1.99. The van der Waals surface area contributed by atoms with E-state index in [-0.39, 0.29) is 0 Å². The number of nitrogens with zero attached hydrogens (tertiary/aromatic N) is 3. The molecule has 0 N–H and O–H groups in total. The van der Waals surface area contributed by atoms with Gasteiger partial charge in [-0.2, -0.15) is 0 Å². The smallest absolute Gasteiger partial charge is 0.168 e. The standard InChI is InChI=1S/C10H6BrN3/c11-8-2-1-7-3-4-14-6-12-13-10(14)9(7)5-8/h1-6H. The van der Waals surface area contributed by atoms with Crippen LogP contribution >= 0.6 is 15.9 Å². The molecular formula is C10H6BrN3. The van der Waals surface area contributed by atoms with Gasteiger partial charge in [-0.25, -0.2) is 0 Å². The lowest BCUT2D eigenvalue weighted by atomic mass is 10.2. The van der Waals surface area contributed by atoms with E-state index < -0.39 is 0 Å². The molecule has 0 aliphatic carbocycles. The second kappa shape index (κ2) is 2.78. The first-order valence-corrected chi connectivity index (χ1v) is 5.01. The third-order valence-corrected chi connectivity index (χ3v) is 2.74. The normalized spacial score (nSPS) is 11.2. The fourth-order valence-corrected chi connectivity index (χ4v) is 1.93. The van der Waals surface area contributed by atoms with Gasteiger partial charge in [0, 0.05) is 16.1 Å². The largest absolute Gasteiger partial charge is 0.289 e. The van der Waals surface area contributed by atoms with Gasteiger partial charge >= 0.3 is 0 Å². The summed E-state index contributed by atoms with van der Waals surface area (Å²) in [4.78, 5) is 0. The maximum absolute atomic E-state index is 4.08. The number of hydrogen-bond acceptors (Lipinski definition) is 2. The Balaban J connectivity index is 2.60. The highest BCUT2D eigenvalue weighted by molar-refractivity contribution is 9.10. The Kier molecular flexibility index (Phi) is 1.58. The number of halogens is 1. The highest BCUT2D eigenvalue weighted by Crippen LogP contribution is 2.22. The van der Waals surface area contributed by atoms with Gasteiger partial charge in [0.2, 0.25) is 0 Å². The molecule has 0 bridgehead atoms. The summed E-state index contributed by atoms with van der Waals surface area (Å²) in [6.45, 7) is 0. The zero-order chi connectivity index (χ0) is 9.54. The van der Waals surface area contributed by atoms with Crippen molar-refractivity contribution in [3.8, 4) is 0 Å². The SMILES string of the molecule is Brc1ccc2ccn3cnnc3c2c1. The van der Waals surface area contributed by atoms with E-state index in [1.54, 1.807) is 6.33 Å². The molecule has 1 aromatic carbocycles. The van der Waals surface area contributed by atoms with E-state index in [2.05, 4.69) is 44.3 Å². The number of rotatable bonds is 0. The van der Waals surface area contributed by atoms with E-state index in [4.69, 9.17) is 0 Å². The Morgan fingerprint density at radius 3 is 3.07 bits per heavy atom. The van der Waals surface area contributed by atoms with Crippen molar-refractivity contribution in [1.29, 1.82) is 0 Å². The van der Waals surface area contributed by atoms with E-state index in [1.165, 1.54) is 5.39 Å². The van der Waals surface area contributed by atoms with Crippen LogP contribution in [0.25, 0.3) is 16.4 Å². The summed E-state index contributed by atoms with van der Waals surface area (Å²) in [6, 6.07) is 8.20. The first-order chi connectivity index (χ1) is 6.84. The third-order valence-electron chi connectivity index (χ3n) is 2.24. The van der Waals surface area contributed by atoms with E-state index in [0.29, 0.717) is 0 Å². The molecule has 0 unspecified atom stereocenters. The van der Waals surface area contributed by atoms with E-state index >= 15 is 0 Å². The second-order valence-electron chi connectivity index (χ2n) is 3.11. The number of fused-ring (bicyclic) bond motifs is 3. The minimum absolute atomic E-state index is 0.892. The van der Waals surface area contributed by atoms with Crippen molar-refractivity contribution in [1.82, 2.24) is 14.6 Å². The van der Waals surface area contributed by atoms with Crippen LogP contribution in [0.2, 0.25) is 0 Å².